The fourth-order valence-electron chi connectivity index (χ4n) is 3.47. The van der Waals surface area contributed by atoms with Crippen molar-refractivity contribution in [3.63, 3.8) is 0 Å². The van der Waals surface area contributed by atoms with Crippen molar-refractivity contribution in [2.45, 2.75) is 12.5 Å². The highest BCUT2D eigenvalue weighted by Crippen LogP contribution is 2.22. The zero-order valence-corrected chi connectivity index (χ0v) is 14.0. The van der Waals surface area contributed by atoms with Crippen molar-refractivity contribution < 1.29 is 9.53 Å². The van der Waals surface area contributed by atoms with E-state index < -0.39 is 5.54 Å². The Balaban J connectivity index is 1.68. The molecule has 0 aliphatic carbocycles. The molecule has 0 spiro atoms. The number of morpholine rings is 1. The maximum Gasteiger partial charge on any atom is 0.184 e. The lowest BCUT2D eigenvalue weighted by Gasteiger charge is -2.45. The monoisotopic (exact) mass is 317 g/mol. The third-order valence-corrected chi connectivity index (χ3v) is 5.04. The molecule has 3 rings (SSSR count). The molecule has 2 fully saturated rings. The molecule has 0 bridgehead atoms. The van der Waals surface area contributed by atoms with Crippen molar-refractivity contribution in [2.75, 3.05) is 59.0 Å². The van der Waals surface area contributed by atoms with Gasteiger partial charge in [0.1, 0.15) is 0 Å². The van der Waals surface area contributed by atoms with E-state index in [4.69, 9.17) is 4.74 Å². The summed E-state index contributed by atoms with van der Waals surface area (Å²) >= 11 is 0. The van der Waals surface area contributed by atoms with E-state index >= 15 is 0 Å². The largest absolute Gasteiger partial charge is 0.379 e. The summed E-state index contributed by atoms with van der Waals surface area (Å²) in [6.45, 7) is 10.2. The minimum atomic E-state index is -0.466. The van der Waals surface area contributed by atoms with Crippen LogP contribution in [-0.2, 0) is 4.74 Å². The van der Waals surface area contributed by atoms with Crippen LogP contribution >= 0.6 is 0 Å². The van der Waals surface area contributed by atoms with E-state index in [0.717, 1.165) is 58.0 Å². The Kier molecular flexibility index (Phi) is 5.43. The molecule has 0 amide bonds. The zero-order chi connectivity index (χ0) is 16.1. The Hall–Kier alpha value is -1.27. The van der Waals surface area contributed by atoms with Crippen LogP contribution in [0.3, 0.4) is 0 Å². The van der Waals surface area contributed by atoms with E-state index in [0.29, 0.717) is 6.54 Å². The van der Waals surface area contributed by atoms with Gasteiger partial charge < -0.3 is 10.1 Å². The molecular weight excluding hydrogens is 290 g/mol. The van der Waals surface area contributed by atoms with Gasteiger partial charge in [0.2, 0.25) is 0 Å². The van der Waals surface area contributed by atoms with Gasteiger partial charge in [0.05, 0.1) is 18.8 Å². The number of Topliss-reactive ketones (excluding diaryl/α,β-unsaturated/α-hetero) is 1. The SMILES string of the molecule is CC1(C(=O)c2ccccc2)CNCCN1CCN1CCOCC1. The number of carbonyl (C=O) groups excluding carboxylic acids is 1. The molecule has 0 aromatic heterocycles. The molecule has 0 saturated carbocycles. The topological polar surface area (TPSA) is 44.8 Å². The van der Waals surface area contributed by atoms with Crippen molar-refractivity contribution in [1.29, 1.82) is 0 Å². The first-order chi connectivity index (χ1) is 11.2. The first-order valence-corrected chi connectivity index (χ1v) is 8.56. The number of nitrogens with one attached hydrogen (secondary N) is 1. The van der Waals surface area contributed by atoms with Crippen LogP contribution in [0, 0.1) is 0 Å². The molecule has 1 aromatic carbocycles. The van der Waals surface area contributed by atoms with Crippen molar-refractivity contribution in [2.24, 2.45) is 0 Å². The summed E-state index contributed by atoms with van der Waals surface area (Å²) in [6.07, 6.45) is 0. The minimum Gasteiger partial charge on any atom is -0.379 e. The Morgan fingerprint density at radius 3 is 2.65 bits per heavy atom. The second-order valence-electron chi connectivity index (χ2n) is 6.59. The molecule has 5 heteroatoms. The molecule has 23 heavy (non-hydrogen) atoms. The molecule has 2 aliphatic rings. The van der Waals surface area contributed by atoms with Crippen molar-refractivity contribution in [1.82, 2.24) is 15.1 Å². The number of ether oxygens (including phenoxy) is 1. The highest BCUT2D eigenvalue weighted by Gasteiger charge is 2.41. The molecule has 1 unspecified atom stereocenters. The quantitative estimate of drug-likeness (QED) is 0.816. The molecule has 1 N–H and O–H groups in total. The molecule has 1 atom stereocenters. The van der Waals surface area contributed by atoms with Gasteiger partial charge in [-0.05, 0) is 6.92 Å². The summed E-state index contributed by atoms with van der Waals surface area (Å²) in [5, 5.41) is 3.40. The van der Waals surface area contributed by atoms with Crippen molar-refractivity contribution in [3.05, 3.63) is 35.9 Å². The Labute approximate surface area is 138 Å². The Morgan fingerprint density at radius 1 is 1.17 bits per heavy atom. The molecule has 2 heterocycles. The fourth-order valence-corrected chi connectivity index (χ4v) is 3.47. The van der Waals surface area contributed by atoms with Gasteiger partial charge in [-0.25, -0.2) is 0 Å². The molecule has 5 nitrogen and oxygen atoms in total. The van der Waals surface area contributed by atoms with Crippen LogP contribution in [0.5, 0.6) is 0 Å². The number of hydrogen-bond donors (Lipinski definition) is 1. The lowest BCUT2D eigenvalue weighted by Crippen LogP contribution is -2.64. The van der Waals surface area contributed by atoms with Crippen LogP contribution in [0.2, 0.25) is 0 Å². The molecule has 126 valence electrons. The average molecular weight is 317 g/mol. The van der Waals surface area contributed by atoms with E-state index in [9.17, 15) is 4.79 Å². The maximum atomic E-state index is 13.1. The number of hydrogen-bond acceptors (Lipinski definition) is 5. The molecule has 0 radical (unpaired) electrons. The highest BCUT2D eigenvalue weighted by molar-refractivity contribution is 6.03. The van der Waals surface area contributed by atoms with Gasteiger partial charge in [0.25, 0.3) is 0 Å². The summed E-state index contributed by atoms with van der Waals surface area (Å²) in [5.74, 6) is 0.215. The smallest absolute Gasteiger partial charge is 0.184 e. The number of carbonyl (C=O) groups is 1. The average Bonchev–Trinajstić information content (AvgIpc) is 2.62. The van der Waals surface area contributed by atoms with Gasteiger partial charge in [-0.15, -0.1) is 0 Å². The fraction of sp³-hybridized carbons (Fsp3) is 0.611. The van der Waals surface area contributed by atoms with E-state index in [1.54, 1.807) is 0 Å². The van der Waals surface area contributed by atoms with E-state index in [1.165, 1.54) is 0 Å². The van der Waals surface area contributed by atoms with Crippen LogP contribution in [-0.4, -0.2) is 80.1 Å². The number of benzene rings is 1. The normalized spacial score (nSPS) is 27.0. The van der Waals surface area contributed by atoms with Gasteiger partial charge >= 0.3 is 0 Å². The second kappa shape index (κ2) is 7.53. The molecule has 2 aliphatic heterocycles. The Morgan fingerprint density at radius 2 is 1.91 bits per heavy atom. The standard InChI is InChI=1S/C18H27N3O2/c1-18(17(22)16-5-3-2-4-6-16)15-19-7-8-21(18)10-9-20-11-13-23-14-12-20/h2-6,19H,7-15H2,1H3. The van der Waals surface area contributed by atoms with Crippen molar-refractivity contribution in [3.8, 4) is 0 Å². The zero-order valence-electron chi connectivity index (χ0n) is 14.0. The highest BCUT2D eigenvalue weighted by atomic mass is 16.5. The Bertz CT molecular complexity index is 516. The predicted molar refractivity (Wildman–Crippen MR) is 90.9 cm³/mol. The summed E-state index contributed by atoms with van der Waals surface area (Å²) in [5.41, 5.74) is 0.335. The van der Waals surface area contributed by atoms with Gasteiger partial charge in [-0.1, -0.05) is 30.3 Å². The minimum absolute atomic E-state index is 0.215. The first kappa shape index (κ1) is 16.6. The first-order valence-electron chi connectivity index (χ1n) is 8.56. The number of piperazine rings is 1. The summed E-state index contributed by atoms with van der Waals surface area (Å²) in [6, 6.07) is 9.66. The third-order valence-electron chi connectivity index (χ3n) is 5.04. The lowest BCUT2D eigenvalue weighted by atomic mass is 9.87. The van der Waals surface area contributed by atoms with Crippen LogP contribution in [0.4, 0.5) is 0 Å². The maximum absolute atomic E-state index is 13.1. The van der Waals surface area contributed by atoms with Gasteiger partial charge in [0, 0.05) is 51.4 Å². The van der Waals surface area contributed by atoms with Gasteiger partial charge in [-0.3, -0.25) is 14.6 Å². The molecule has 1 aromatic rings. The van der Waals surface area contributed by atoms with Crippen molar-refractivity contribution >= 4 is 5.78 Å². The van der Waals surface area contributed by atoms with Crippen LogP contribution < -0.4 is 5.32 Å². The molecular formula is C18H27N3O2. The summed E-state index contributed by atoms with van der Waals surface area (Å²) in [7, 11) is 0. The number of nitrogens with zero attached hydrogens (tertiary/aromatic N) is 2. The lowest BCUT2D eigenvalue weighted by molar-refractivity contribution is 0.0184. The van der Waals surface area contributed by atoms with Gasteiger partial charge in [0.15, 0.2) is 5.78 Å². The van der Waals surface area contributed by atoms with Gasteiger partial charge in [-0.2, -0.15) is 0 Å². The van der Waals surface area contributed by atoms with Crippen LogP contribution in [0.15, 0.2) is 30.3 Å². The summed E-state index contributed by atoms with van der Waals surface area (Å²) < 4.78 is 5.41. The second-order valence-corrected chi connectivity index (χ2v) is 6.59. The van der Waals surface area contributed by atoms with Crippen LogP contribution in [0.1, 0.15) is 17.3 Å². The molecule has 2 saturated heterocycles. The predicted octanol–water partition coefficient (Wildman–Crippen LogP) is 0.865. The summed E-state index contributed by atoms with van der Waals surface area (Å²) in [4.78, 5) is 17.9. The van der Waals surface area contributed by atoms with E-state index in [-0.39, 0.29) is 5.78 Å². The van der Waals surface area contributed by atoms with Crippen LogP contribution in [0.25, 0.3) is 0 Å². The third kappa shape index (κ3) is 3.80. The number of ketones is 1. The van der Waals surface area contributed by atoms with E-state index in [2.05, 4.69) is 22.0 Å². The number of rotatable bonds is 5. The van der Waals surface area contributed by atoms with E-state index in [1.807, 2.05) is 30.3 Å².